The molecule has 1 aliphatic carbocycles. The Labute approximate surface area is 85.5 Å². The summed E-state index contributed by atoms with van der Waals surface area (Å²) in [5, 5.41) is 8.08. The molecule has 1 heterocycles. The zero-order valence-electron chi connectivity index (χ0n) is 9.25. The van der Waals surface area contributed by atoms with Crippen molar-refractivity contribution in [3.8, 4) is 0 Å². The van der Waals surface area contributed by atoms with E-state index in [-0.39, 0.29) is 0 Å². The maximum Gasteiger partial charge on any atom is 0.0672 e. The van der Waals surface area contributed by atoms with E-state index < -0.39 is 0 Å². The number of rotatable bonds is 2. The molecule has 0 fully saturated rings. The third-order valence-corrected chi connectivity index (χ3v) is 2.75. The van der Waals surface area contributed by atoms with Crippen LogP contribution in [0.5, 0.6) is 0 Å². The maximum atomic E-state index is 4.49. The summed E-state index contributed by atoms with van der Waals surface area (Å²) >= 11 is 0. The molecular formula is C11H19N3. The number of nitrogens with one attached hydrogen (secondary N) is 1. The molecule has 0 radical (unpaired) electrons. The first-order chi connectivity index (χ1) is 6.66. The lowest BCUT2D eigenvalue weighted by Gasteiger charge is -2.24. The fourth-order valence-corrected chi connectivity index (χ4v) is 2.24. The topological polar surface area (TPSA) is 29.9 Å². The van der Waals surface area contributed by atoms with Crippen molar-refractivity contribution >= 4 is 0 Å². The Bertz CT molecular complexity index is 314. The average Bonchev–Trinajstić information content (AvgIpc) is 2.45. The van der Waals surface area contributed by atoms with E-state index in [1.165, 1.54) is 24.1 Å². The van der Waals surface area contributed by atoms with E-state index in [0.717, 1.165) is 6.42 Å². The van der Waals surface area contributed by atoms with Crippen LogP contribution in [0.3, 0.4) is 0 Å². The Morgan fingerprint density at radius 1 is 1.57 bits per heavy atom. The van der Waals surface area contributed by atoms with Gasteiger partial charge in [-0.05, 0) is 19.3 Å². The summed E-state index contributed by atoms with van der Waals surface area (Å²) < 4.78 is 1.94. The summed E-state index contributed by atoms with van der Waals surface area (Å²) in [6.07, 6.45) is 5.81. The van der Waals surface area contributed by atoms with E-state index in [1.54, 1.807) is 0 Å². The van der Waals surface area contributed by atoms with Crippen LogP contribution in [0.4, 0.5) is 0 Å². The predicted molar refractivity (Wildman–Crippen MR) is 57.2 cm³/mol. The summed E-state index contributed by atoms with van der Waals surface area (Å²) in [6.45, 7) is 4.40. The molecule has 0 saturated carbocycles. The third kappa shape index (κ3) is 1.82. The van der Waals surface area contributed by atoms with Gasteiger partial charge in [0, 0.05) is 30.9 Å². The van der Waals surface area contributed by atoms with Gasteiger partial charge < -0.3 is 5.32 Å². The van der Waals surface area contributed by atoms with Gasteiger partial charge in [-0.15, -0.1) is 0 Å². The number of aromatic nitrogens is 2. The van der Waals surface area contributed by atoms with Crippen LogP contribution in [0.15, 0.2) is 6.20 Å². The number of nitrogens with zero attached hydrogens (tertiary/aromatic N) is 2. The van der Waals surface area contributed by atoms with Gasteiger partial charge in [0.05, 0.1) is 5.69 Å². The van der Waals surface area contributed by atoms with E-state index in [4.69, 9.17) is 0 Å². The Kier molecular flexibility index (Phi) is 2.59. The van der Waals surface area contributed by atoms with E-state index in [1.807, 2.05) is 11.7 Å². The van der Waals surface area contributed by atoms with Crippen LogP contribution in [0.2, 0.25) is 0 Å². The van der Waals surface area contributed by atoms with E-state index in [2.05, 4.69) is 30.5 Å². The van der Waals surface area contributed by atoms with Crippen molar-refractivity contribution in [3.63, 3.8) is 0 Å². The Balaban J connectivity index is 2.21. The molecule has 1 aromatic heterocycles. The zero-order valence-corrected chi connectivity index (χ0v) is 9.25. The lowest BCUT2D eigenvalue weighted by Crippen LogP contribution is -2.30. The van der Waals surface area contributed by atoms with Crippen LogP contribution in [-0.2, 0) is 13.5 Å². The molecule has 1 aliphatic rings. The molecule has 0 bridgehead atoms. The average molecular weight is 193 g/mol. The number of fused-ring (bicyclic) bond motifs is 1. The Morgan fingerprint density at radius 3 is 3.07 bits per heavy atom. The minimum absolute atomic E-state index is 0.521. The minimum Gasteiger partial charge on any atom is -0.308 e. The molecule has 3 heteroatoms. The van der Waals surface area contributed by atoms with Crippen molar-refractivity contribution < 1.29 is 0 Å². The smallest absolute Gasteiger partial charge is 0.0672 e. The Morgan fingerprint density at radius 2 is 2.36 bits per heavy atom. The summed E-state index contributed by atoms with van der Waals surface area (Å²) in [5.74, 6) is 0. The van der Waals surface area contributed by atoms with E-state index in [0.29, 0.717) is 12.1 Å². The van der Waals surface area contributed by atoms with Gasteiger partial charge >= 0.3 is 0 Å². The highest BCUT2D eigenvalue weighted by molar-refractivity contribution is 5.24. The van der Waals surface area contributed by atoms with Gasteiger partial charge in [-0.2, -0.15) is 5.10 Å². The molecule has 2 rings (SSSR count). The van der Waals surface area contributed by atoms with Crippen molar-refractivity contribution in [1.82, 2.24) is 15.1 Å². The molecule has 1 aromatic rings. The molecule has 0 amide bonds. The molecule has 0 aliphatic heterocycles. The fraction of sp³-hybridized carbons (Fsp3) is 0.727. The maximum absolute atomic E-state index is 4.49. The van der Waals surface area contributed by atoms with E-state index >= 15 is 0 Å². The molecule has 78 valence electrons. The predicted octanol–water partition coefficient (Wildman–Crippen LogP) is 1.80. The normalized spacial score (nSPS) is 21.3. The van der Waals surface area contributed by atoms with Crippen molar-refractivity contribution in [1.29, 1.82) is 0 Å². The Hall–Kier alpha value is -0.830. The second-order valence-corrected chi connectivity index (χ2v) is 4.47. The largest absolute Gasteiger partial charge is 0.308 e. The standard InChI is InChI=1S/C11H19N3/c1-8(2)12-10-5-4-6-11-9(10)7-14(3)13-11/h7-8,10,12H,4-6H2,1-3H3. The zero-order chi connectivity index (χ0) is 10.1. The molecule has 14 heavy (non-hydrogen) atoms. The lowest BCUT2D eigenvalue weighted by molar-refractivity contribution is 0.422. The minimum atomic E-state index is 0.521. The summed E-state index contributed by atoms with van der Waals surface area (Å²) in [6, 6.07) is 1.07. The van der Waals surface area contributed by atoms with Crippen LogP contribution >= 0.6 is 0 Å². The third-order valence-electron chi connectivity index (χ3n) is 2.75. The molecule has 3 nitrogen and oxygen atoms in total. The fourth-order valence-electron chi connectivity index (χ4n) is 2.24. The monoisotopic (exact) mass is 193 g/mol. The first-order valence-electron chi connectivity index (χ1n) is 5.45. The molecule has 0 aromatic carbocycles. The first-order valence-corrected chi connectivity index (χ1v) is 5.45. The molecule has 1 atom stereocenters. The molecule has 1 N–H and O–H groups in total. The number of aryl methyl sites for hydroxylation is 2. The van der Waals surface area contributed by atoms with Gasteiger partial charge in [-0.25, -0.2) is 0 Å². The summed E-state index contributed by atoms with van der Waals surface area (Å²) in [5.41, 5.74) is 2.70. The van der Waals surface area contributed by atoms with Crippen molar-refractivity contribution in [2.75, 3.05) is 0 Å². The van der Waals surface area contributed by atoms with Crippen LogP contribution < -0.4 is 5.32 Å². The molecule has 0 saturated heterocycles. The first kappa shape index (κ1) is 9.71. The van der Waals surface area contributed by atoms with Gasteiger partial charge in [0.25, 0.3) is 0 Å². The molecule has 1 unspecified atom stereocenters. The van der Waals surface area contributed by atoms with Gasteiger partial charge in [0.2, 0.25) is 0 Å². The lowest BCUT2D eigenvalue weighted by atomic mass is 9.93. The number of hydrogen-bond acceptors (Lipinski definition) is 2. The van der Waals surface area contributed by atoms with Gasteiger partial charge in [0.1, 0.15) is 0 Å². The highest BCUT2D eigenvalue weighted by atomic mass is 15.3. The van der Waals surface area contributed by atoms with Crippen molar-refractivity contribution in [3.05, 3.63) is 17.5 Å². The molecule has 0 spiro atoms. The van der Waals surface area contributed by atoms with Crippen LogP contribution in [-0.4, -0.2) is 15.8 Å². The van der Waals surface area contributed by atoms with Crippen molar-refractivity contribution in [2.45, 2.75) is 45.2 Å². The second-order valence-electron chi connectivity index (χ2n) is 4.47. The summed E-state index contributed by atoms with van der Waals surface area (Å²) in [7, 11) is 2.00. The number of hydrogen-bond donors (Lipinski definition) is 1. The van der Waals surface area contributed by atoms with Crippen molar-refractivity contribution in [2.24, 2.45) is 7.05 Å². The van der Waals surface area contributed by atoms with E-state index in [9.17, 15) is 0 Å². The van der Waals surface area contributed by atoms with Gasteiger partial charge in [-0.1, -0.05) is 13.8 Å². The van der Waals surface area contributed by atoms with Gasteiger partial charge in [0.15, 0.2) is 0 Å². The van der Waals surface area contributed by atoms with Crippen LogP contribution in [0.25, 0.3) is 0 Å². The highest BCUT2D eigenvalue weighted by Crippen LogP contribution is 2.28. The second kappa shape index (κ2) is 3.73. The quantitative estimate of drug-likeness (QED) is 0.776. The summed E-state index contributed by atoms with van der Waals surface area (Å²) in [4.78, 5) is 0. The van der Waals surface area contributed by atoms with Crippen LogP contribution in [0.1, 0.15) is 44.0 Å². The van der Waals surface area contributed by atoms with Crippen LogP contribution in [0, 0.1) is 0 Å². The highest BCUT2D eigenvalue weighted by Gasteiger charge is 2.22. The SMILES string of the molecule is CC(C)NC1CCCc2nn(C)cc21. The molecular weight excluding hydrogens is 174 g/mol. The van der Waals surface area contributed by atoms with Gasteiger partial charge in [-0.3, -0.25) is 4.68 Å².